The normalized spacial score (nSPS) is 17.8. The first-order chi connectivity index (χ1) is 23.7. The lowest BCUT2D eigenvalue weighted by atomic mass is 9.85. The SMILES string of the molecule is CCCCNC(=O)C(CCCCCCCCC=O)(CCCCCCCCC(=O)OC(CCCC)CCCC)OC(=O)C1CCN(C)CC1C. The Balaban J connectivity index is 2.76. The number of hydrogen-bond donors (Lipinski definition) is 1. The number of amides is 1. The molecule has 1 amide bonds. The molecule has 1 aliphatic heterocycles. The summed E-state index contributed by atoms with van der Waals surface area (Å²) in [5, 5.41) is 3.14. The van der Waals surface area contributed by atoms with E-state index in [4.69, 9.17) is 9.47 Å². The van der Waals surface area contributed by atoms with E-state index >= 15 is 0 Å². The van der Waals surface area contributed by atoms with Crippen LogP contribution in [0.25, 0.3) is 0 Å². The molecule has 0 bridgehead atoms. The number of likely N-dealkylation sites (tertiary alicyclic amines) is 1. The summed E-state index contributed by atoms with van der Waals surface area (Å²) >= 11 is 0. The Bertz CT molecular complexity index is 874. The van der Waals surface area contributed by atoms with Crippen LogP contribution in [0, 0.1) is 11.8 Å². The van der Waals surface area contributed by atoms with E-state index in [-0.39, 0.29) is 35.8 Å². The Morgan fingerprint density at radius 3 is 1.90 bits per heavy atom. The van der Waals surface area contributed by atoms with E-state index in [0.29, 0.717) is 32.2 Å². The van der Waals surface area contributed by atoms with Crippen molar-refractivity contribution in [2.75, 3.05) is 26.7 Å². The average molecular weight is 693 g/mol. The number of carbonyl (C=O) groups is 4. The Morgan fingerprint density at radius 1 is 0.796 bits per heavy atom. The summed E-state index contributed by atoms with van der Waals surface area (Å²) in [6, 6.07) is 0. The van der Waals surface area contributed by atoms with E-state index in [9.17, 15) is 19.2 Å². The van der Waals surface area contributed by atoms with Crippen molar-refractivity contribution in [3.63, 3.8) is 0 Å². The summed E-state index contributed by atoms with van der Waals surface area (Å²) in [7, 11) is 2.09. The second-order valence-electron chi connectivity index (χ2n) is 15.0. The van der Waals surface area contributed by atoms with Crippen molar-refractivity contribution in [1.82, 2.24) is 10.2 Å². The predicted octanol–water partition coefficient (Wildman–Crippen LogP) is 9.51. The van der Waals surface area contributed by atoms with Gasteiger partial charge in [-0.15, -0.1) is 0 Å². The number of piperidine rings is 1. The van der Waals surface area contributed by atoms with Gasteiger partial charge in [0.15, 0.2) is 5.60 Å². The molecule has 0 saturated carbocycles. The van der Waals surface area contributed by atoms with Crippen molar-refractivity contribution in [3.8, 4) is 0 Å². The maximum atomic E-state index is 13.9. The average Bonchev–Trinajstić information content (AvgIpc) is 3.08. The van der Waals surface area contributed by atoms with E-state index in [2.05, 4.69) is 45.0 Å². The summed E-state index contributed by atoms with van der Waals surface area (Å²) in [6.45, 7) is 10.9. The van der Waals surface area contributed by atoms with Crippen LogP contribution in [0.15, 0.2) is 0 Å². The summed E-state index contributed by atoms with van der Waals surface area (Å²) in [5.74, 6) is -0.390. The molecule has 1 heterocycles. The molecule has 0 aromatic carbocycles. The van der Waals surface area contributed by atoms with Crippen molar-refractivity contribution >= 4 is 24.1 Å². The van der Waals surface area contributed by atoms with E-state index < -0.39 is 5.60 Å². The monoisotopic (exact) mass is 693 g/mol. The van der Waals surface area contributed by atoms with Crippen molar-refractivity contribution < 1.29 is 28.7 Å². The molecular weight excluding hydrogens is 616 g/mol. The quantitative estimate of drug-likeness (QED) is 0.0439. The third kappa shape index (κ3) is 20.5. The van der Waals surface area contributed by atoms with Gasteiger partial charge in [0.25, 0.3) is 5.91 Å². The maximum absolute atomic E-state index is 13.9. The molecule has 286 valence electrons. The van der Waals surface area contributed by atoms with Gasteiger partial charge in [0.05, 0.1) is 5.92 Å². The minimum absolute atomic E-state index is 0.0576. The molecule has 0 aromatic rings. The molecule has 1 fully saturated rings. The lowest BCUT2D eigenvalue weighted by molar-refractivity contribution is -0.177. The van der Waals surface area contributed by atoms with E-state index in [0.717, 1.165) is 154 Å². The molecule has 49 heavy (non-hydrogen) atoms. The first-order valence-electron chi connectivity index (χ1n) is 20.6. The lowest BCUT2D eigenvalue weighted by Crippen LogP contribution is -2.52. The Morgan fingerprint density at radius 2 is 1.35 bits per heavy atom. The summed E-state index contributed by atoms with van der Waals surface area (Å²) in [5.41, 5.74) is -1.14. The number of unbranched alkanes of at least 4 members (excludes halogenated alkanes) is 14. The number of carbonyl (C=O) groups excluding carboxylic acids is 4. The zero-order chi connectivity index (χ0) is 36.2. The molecule has 3 unspecified atom stereocenters. The number of aldehydes is 1. The Kier molecular flexibility index (Phi) is 26.4. The molecule has 3 atom stereocenters. The lowest BCUT2D eigenvalue weighted by Gasteiger charge is -2.38. The summed E-state index contributed by atoms with van der Waals surface area (Å²) in [6.07, 6.45) is 23.9. The van der Waals surface area contributed by atoms with Gasteiger partial charge in [-0.3, -0.25) is 14.4 Å². The highest BCUT2D eigenvalue weighted by Gasteiger charge is 2.44. The van der Waals surface area contributed by atoms with Gasteiger partial charge in [0.2, 0.25) is 0 Å². The minimum Gasteiger partial charge on any atom is -0.462 e. The van der Waals surface area contributed by atoms with Gasteiger partial charge in [-0.1, -0.05) is 111 Å². The molecule has 1 rings (SSSR count). The first-order valence-corrected chi connectivity index (χ1v) is 20.6. The van der Waals surface area contributed by atoms with Gasteiger partial charge in [-0.05, 0) is 83.7 Å². The van der Waals surface area contributed by atoms with Gasteiger partial charge in [0, 0.05) is 25.9 Å². The fraction of sp³-hybridized carbons (Fsp3) is 0.902. The van der Waals surface area contributed by atoms with Crippen molar-refractivity contribution in [2.45, 2.75) is 200 Å². The van der Waals surface area contributed by atoms with Gasteiger partial charge in [-0.25, -0.2) is 0 Å². The molecule has 0 aromatic heterocycles. The zero-order valence-corrected chi connectivity index (χ0v) is 32.5. The number of nitrogens with zero attached hydrogens (tertiary/aromatic N) is 1. The fourth-order valence-corrected chi connectivity index (χ4v) is 7.12. The Labute approximate surface area is 301 Å². The van der Waals surface area contributed by atoms with Crippen LogP contribution < -0.4 is 5.32 Å². The summed E-state index contributed by atoms with van der Waals surface area (Å²) in [4.78, 5) is 53.0. The van der Waals surface area contributed by atoms with Crippen LogP contribution >= 0.6 is 0 Å². The predicted molar refractivity (Wildman–Crippen MR) is 200 cm³/mol. The fourth-order valence-electron chi connectivity index (χ4n) is 7.12. The molecule has 0 aliphatic carbocycles. The van der Waals surface area contributed by atoms with Crippen LogP contribution in [-0.4, -0.2) is 67.4 Å². The number of esters is 2. The maximum Gasteiger partial charge on any atom is 0.310 e. The summed E-state index contributed by atoms with van der Waals surface area (Å²) < 4.78 is 12.2. The molecule has 1 aliphatic rings. The van der Waals surface area contributed by atoms with Crippen LogP contribution in [-0.2, 0) is 28.7 Å². The Hall–Kier alpha value is -1.96. The largest absolute Gasteiger partial charge is 0.462 e. The smallest absolute Gasteiger partial charge is 0.310 e. The molecule has 1 saturated heterocycles. The van der Waals surface area contributed by atoms with Crippen LogP contribution in [0.1, 0.15) is 188 Å². The van der Waals surface area contributed by atoms with Gasteiger partial charge < -0.3 is 24.5 Å². The second-order valence-corrected chi connectivity index (χ2v) is 15.0. The van der Waals surface area contributed by atoms with Crippen LogP contribution in [0.3, 0.4) is 0 Å². The van der Waals surface area contributed by atoms with Crippen LogP contribution in [0.4, 0.5) is 0 Å². The molecule has 0 spiro atoms. The van der Waals surface area contributed by atoms with Gasteiger partial charge in [-0.2, -0.15) is 0 Å². The molecular formula is C41H76N2O6. The molecule has 0 radical (unpaired) electrons. The molecule has 8 heteroatoms. The number of ether oxygens (including phenoxy) is 2. The van der Waals surface area contributed by atoms with Crippen LogP contribution in [0.2, 0.25) is 0 Å². The van der Waals surface area contributed by atoms with E-state index in [1.807, 2.05) is 0 Å². The topological polar surface area (TPSA) is 102 Å². The van der Waals surface area contributed by atoms with E-state index in [1.165, 1.54) is 0 Å². The standard InChI is InChI=1S/C41H76N2O6/c1-6-9-25-36(26-10-7-2)48-38(45)27-21-17-13-15-19-23-30-41(40(47)42-31-11-8-3,29-22-18-14-12-16-20-24-33-44)49-39(46)37-28-32-43(5)34-35(37)4/h33,35-37H,6-32,34H2,1-5H3,(H,42,47). The van der Waals surface area contributed by atoms with Crippen molar-refractivity contribution in [3.05, 3.63) is 0 Å². The highest BCUT2D eigenvalue weighted by atomic mass is 16.6. The van der Waals surface area contributed by atoms with Crippen molar-refractivity contribution in [1.29, 1.82) is 0 Å². The van der Waals surface area contributed by atoms with Gasteiger partial charge >= 0.3 is 11.9 Å². The van der Waals surface area contributed by atoms with Gasteiger partial charge in [0.1, 0.15) is 12.4 Å². The number of rotatable bonds is 31. The third-order valence-electron chi connectivity index (χ3n) is 10.4. The molecule has 1 N–H and O–H groups in total. The number of hydrogen-bond acceptors (Lipinski definition) is 7. The zero-order valence-electron chi connectivity index (χ0n) is 32.5. The van der Waals surface area contributed by atoms with Crippen molar-refractivity contribution in [2.24, 2.45) is 11.8 Å². The molecule has 8 nitrogen and oxygen atoms in total. The minimum atomic E-state index is -1.14. The highest BCUT2D eigenvalue weighted by Crippen LogP contribution is 2.32. The van der Waals surface area contributed by atoms with E-state index in [1.54, 1.807) is 0 Å². The second kappa shape index (κ2) is 28.7. The van der Waals surface area contributed by atoms with Crippen LogP contribution in [0.5, 0.6) is 0 Å². The third-order valence-corrected chi connectivity index (χ3v) is 10.4. The highest BCUT2D eigenvalue weighted by molar-refractivity contribution is 5.88. The number of nitrogens with one attached hydrogen (secondary N) is 1. The first kappa shape index (κ1) is 45.1.